The summed E-state index contributed by atoms with van der Waals surface area (Å²) < 4.78 is 17.5. The second-order valence-electron chi connectivity index (χ2n) is 5.28. The Morgan fingerprint density at radius 1 is 1.16 bits per heavy atom. The summed E-state index contributed by atoms with van der Waals surface area (Å²) in [5, 5.41) is 0.651. The highest BCUT2D eigenvalue weighted by molar-refractivity contribution is 9.10. The van der Waals surface area contributed by atoms with Crippen LogP contribution in [-0.2, 0) is 17.8 Å². The minimum atomic E-state index is -0.314. The molecule has 0 amide bonds. The van der Waals surface area contributed by atoms with Crippen molar-refractivity contribution in [3.05, 3.63) is 51.0 Å². The van der Waals surface area contributed by atoms with Gasteiger partial charge in [0.05, 0.1) is 17.1 Å². The first-order valence-corrected chi connectivity index (χ1v) is 9.14. The molecule has 0 unspecified atom stereocenters. The number of hydrogen-bond donors (Lipinski definition) is 0. The first-order valence-electron chi connectivity index (χ1n) is 7.97. The van der Waals surface area contributed by atoms with Crippen molar-refractivity contribution >= 4 is 33.5 Å². The summed E-state index contributed by atoms with van der Waals surface area (Å²) in [4.78, 5) is 11.6. The topological polar surface area (TPSA) is 44.8 Å². The molecule has 0 saturated carbocycles. The second-order valence-corrected chi connectivity index (χ2v) is 6.54. The van der Waals surface area contributed by atoms with Crippen LogP contribution in [0, 0.1) is 0 Å². The Labute approximate surface area is 161 Å². The summed E-state index contributed by atoms with van der Waals surface area (Å²) in [7, 11) is 1.56. The van der Waals surface area contributed by atoms with Crippen LogP contribution in [0.15, 0.2) is 34.8 Å². The summed E-state index contributed by atoms with van der Waals surface area (Å²) in [6, 6.07) is 9.00. The number of methoxy groups -OCH3 is 1. The molecule has 0 bridgehead atoms. The molecule has 0 fully saturated rings. The van der Waals surface area contributed by atoms with Crippen LogP contribution >= 0.6 is 27.5 Å². The fraction of sp³-hybridized carbons (Fsp3) is 0.316. The molecule has 0 heterocycles. The molecule has 2 rings (SSSR count). The third kappa shape index (κ3) is 4.89. The van der Waals surface area contributed by atoms with Crippen LogP contribution < -0.4 is 14.2 Å². The highest BCUT2D eigenvalue weighted by Crippen LogP contribution is 2.35. The Hall–Kier alpha value is -1.72. The summed E-state index contributed by atoms with van der Waals surface area (Å²) in [6.07, 6.45) is 1.12. The van der Waals surface area contributed by atoms with Gasteiger partial charge in [0, 0.05) is 17.5 Å². The maximum atomic E-state index is 11.6. The number of aryl methyl sites for hydroxylation is 1. The lowest BCUT2D eigenvalue weighted by molar-refractivity contribution is -0.134. The number of ether oxygens (including phenoxy) is 3. The Bertz CT molecular complexity index is 761. The number of carbonyl (C=O) groups excluding carboxylic acids is 1. The average molecular weight is 428 g/mol. The number of carbonyl (C=O) groups is 1. The molecule has 0 spiro atoms. The van der Waals surface area contributed by atoms with Crippen LogP contribution in [0.3, 0.4) is 0 Å². The van der Waals surface area contributed by atoms with Gasteiger partial charge in [0.2, 0.25) is 0 Å². The van der Waals surface area contributed by atoms with Crippen molar-refractivity contribution < 1.29 is 19.0 Å². The van der Waals surface area contributed by atoms with Crippen molar-refractivity contribution in [2.75, 3.05) is 7.11 Å². The molecular weight excluding hydrogens is 408 g/mol. The van der Waals surface area contributed by atoms with E-state index in [2.05, 4.69) is 15.9 Å². The van der Waals surface area contributed by atoms with Gasteiger partial charge in [-0.3, -0.25) is 4.79 Å². The van der Waals surface area contributed by atoms with E-state index in [1.807, 2.05) is 13.0 Å². The van der Waals surface area contributed by atoms with Crippen molar-refractivity contribution in [3.63, 3.8) is 0 Å². The van der Waals surface area contributed by atoms with Crippen LogP contribution in [0.5, 0.6) is 17.2 Å². The van der Waals surface area contributed by atoms with E-state index >= 15 is 0 Å². The summed E-state index contributed by atoms with van der Waals surface area (Å²) in [5.41, 5.74) is 1.70. The largest absolute Gasteiger partial charge is 0.496 e. The van der Waals surface area contributed by atoms with Crippen molar-refractivity contribution in [1.82, 2.24) is 0 Å². The van der Waals surface area contributed by atoms with Crippen LogP contribution in [0.25, 0.3) is 0 Å². The van der Waals surface area contributed by atoms with E-state index in [4.69, 9.17) is 25.8 Å². The number of halogens is 2. The monoisotopic (exact) mass is 426 g/mol. The van der Waals surface area contributed by atoms with Gasteiger partial charge < -0.3 is 14.2 Å². The van der Waals surface area contributed by atoms with Crippen LogP contribution in [0.4, 0.5) is 0 Å². The third-order valence-corrected chi connectivity index (χ3v) is 4.65. The van der Waals surface area contributed by atoms with E-state index in [1.165, 1.54) is 0 Å². The molecule has 4 nitrogen and oxygen atoms in total. The smallest absolute Gasteiger partial charge is 0.310 e. The van der Waals surface area contributed by atoms with E-state index in [0.717, 1.165) is 16.5 Å². The Kier molecular flexibility index (Phi) is 7.14. The van der Waals surface area contributed by atoms with Crippen LogP contribution in [0.1, 0.15) is 31.4 Å². The average Bonchev–Trinajstić information content (AvgIpc) is 2.62. The molecule has 0 aliphatic rings. The molecule has 0 radical (unpaired) electrons. The van der Waals surface area contributed by atoms with Gasteiger partial charge in [0.1, 0.15) is 23.9 Å². The minimum absolute atomic E-state index is 0.177. The fourth-order valence-electron chi connectivity index (χ4n) is 2.27. The molecule has 25 heavy (non-hydrogen) atoms. The molecular formula is C19H20BrClO4. The molecule has 0 aliphatic carbocycles. The maximum absolute atomic E-state index is 11.6. The van der Waals surface area contributed by atoms with Gasteiger partial charge in [-0.1, -0.05) is 31.5 Å². The molecule has 2 aromatic carbocycles. The lowest BCUT2D eigenvalue weighted by Gasteiger charge is -2.16. The second kappa shape index (κ2) is 9.11. The van der Waals surface area contributed by atoms with Crippen molar-refractivity contribution in [2.24, 2.45) is 0 Å². The quantitative estimate of drug-likeness (QED) is 0.428. The predicted molar refractivity (Wildman–Crippen MR) is 102 cm³/mol. The predicted octanol–water partition coefficient (Wildman–Crippen LogP) is 5.57. The molecule has 0 aliphatic heterocycles. The summed E-state index contributed by atoms with van der Waals surface area (Å²) in [6.45, 7) is 3.96. The Morgan fingerprint density at radius 3 is 2.52 bits per heavy atom. The van der Waals surface area contributed by atoms with E-state index in [1.54, 1.807) is 38.3 Å². The van der Waals surface area contributed by atoms with Gasteiger partial charge in [-0.15, -0.1) is 0 Å². The normalized spacial score (nSPS) is 10.4. The molecule has 0 N–H and O–H groups in total. The van der Waals surface area contributed by atoms with Crippen LogP contribution in [-0.4, -0.2) is 13.1 Å². The first kappa shape index (κ1) is 19.6. The maximum Gasteiger partial charge on any atom is 0.310 e. The van der Waals surface area contributed by atoms with Gasteiger partial charge in [0.25, 0.3) is 0 Å². The highest BCUT2D eigenvalue weighted by Gasteiger charge is 2.15. The number of esters is 1. The number of hydrogen-bond acceptors (Lipinski definition) is 4. The number of rotatable bonds is 7. The van der Waals surface area contributed by atoms with Crippen molar-refractivity contribution in [2.45, 2.75) is 33.3 Å². The number of benzene rings is 2. The minimum Gasteiger partial charge on any atom is -0.496 e. The molecule has 0 aromatic heterocycles. The molecule has 6 heteroatoms. The lowest BCUT2D eigenvalue weighted by atomic mass is 10.1. The standard InChI is InChI=1S/C19H20BrClO4/c1-4-12-9-14(20)18(10-15(12)21)24-11-13-16(23-3)7-6-8-17(13)25-19(22)5-2/h6-10H,4-5,11H2,1-3H3. The van der Waals surface area contributed by atoms with E-state index in [9.17, 15) is 4.79 Å². The SMILES string of the molecule is CCC(=O)Oc1cccc(OC)c1COc1cc(Cl)c(CC)cc1Br. The van der Waals surface area contributed by atoms with E-state index < -0.39 is 0 Å². The first-order chi connectivity index (χ1) is 12.0. The van der Waals surface area contributed by atoms with Crippen LogP contribution in [0.2, 0.25) is 5.02 Å². The van der Waals surface area contributed by atoms with Gasteiger partial charge in [0.15, 0.2) is 0 Å². The molecule has 0 atom stereocenters. The summed E-state index contributed by atoms with van der Waals surface area (Å²) in [5.74, 6) is 1.32. The molecule has 2 aromatic rings. The van der Waals surface area contributed by atoms with Gasteiger partial charge >= 0.3 is 5.97 Å². The van der Waals surface area contributed by atoms with Gasteiger partial charge in [-0.05, 0) is 46.1 Å². The zero-order chi connectivity index (χ0) is 18.4. The zero-order valence-corrected chi connectivity index (χ0v) is 16.7. The third-order valence-electron chi connectivity index (χ3n) is 3.68. The Balaban J connectivity index is 2.28. The molecule has 0 saturated heterocycles. The highest BCUT2D eigenvalue weighted by atomic mass is 79.9. The zero-order valence-electron chi connectivity index (χ0n) is 14.4. The van der Waals surface area contributed by atoms with Gasteiger partial charge in [-0.2, -0.15) is 0 Å². The van der Waals surface area contributed by atoms with Gasteiger partial charge in [-0.25, -0.2) is 0 Å². The van der Waals surface area contributed by atoms with E-state index in [0.29, 0.717) is 27.8 Å². The van der Waals surface area contributed by atoms with E-state index in [-0.39, 0.29) is 19.0 Å². The van der Waals surface area contributed by atoms with Crippen molar-refractivity contribution in [1.29, 1.82) is 0 Å². The molecule has 134 valence electrons. The lowest BCUT2D eigenvalue weighted by Crippen LogP contribution is -2.09. The fourth-order valence-corrected chi connectivity index (χ4v) is 3.06. The van der Waals surface area contributed by atoms with Crippen molar-refractivity contribution in [3.8, 4) is 17.2 Å². The summed E-state index contributed by atoms with van der Waals surface area (Å²) >= 11 is 9.77. The Morgan fingerprint density at radius 2 is 1.88 bits per heavy atom.